The van der Waals surface area contributed by atoms with E-state index in [1.165, 1.54) is 18.3 Å². The van der Waals surface area contributed by atoms with Gasteiger partial charge in [-0.3, -0.25) is 4.79 Å². The van der Waals surface area contributed by atoms with Crippen LogP contribution in [0.5, 0.6) is 0 Å². The molecule has 0 saturated carbocycles. The first-order chi connectivity index (χ1) is 13.9. The summed E-state index contributed by atoms with van der Waals surface area (Å²) in [4.78, 5) is 24.6. The van der Waals surface area contributed by atoms with Gasteiger partial charge in [-0.25, -0.2) is 17.5 Å². The number of sulfonamides is 1. The minimum Gasteiger partial charge on any atom is -0.415 e. The third-order valence-electron chi connectivity index (χ3n) is 3.88. The number of thiocarbonyl (C=S) groups is 1. The molecule has 0 spiro atoms. The Morgan fingerprint density at radius 1 is 1.23 bits per heavy atom. The molecule has 0 unspecified atom stereocenters. The second kappa shape index (κ2) is 11.6. The number of benzene rings is 1. The molecule has 0 aliphatic carbocycles. The Kier molecular flexibility index (Phi) is 9.85. The molecule has 1 aromatic rings. The van der Waals surface area contributed by atoms with Gasteiger partial charge in [-0.1, -0.05) is 17.9 Å². The molecule has 30 heavy (non-hydrogen) atoms. The SMILES string of the molecule is CC(=S)OC(=O)C(NC(=O)c1cccc(C#CCCCN(C)S(C)(=O)=O)c1)=C(C)C. The van der Waals surface area contributed by atoms with E-state index in [1.54, 1.807) is 38.1 Å². The Hall–Kier alpha value is -2.54. The number of amides is 1. The highest BCUT2D eigenvalue weighted by molar-refractivity contribution is 7.88. The number of carbonyl (C=O) groups is 2. The molecular weight excluding hydrogens is 424 g/mol. The maximum atomic E-state index is 12.6. The fourth-order valence-corrected chi connectivity index (χ4v) is 2.74. The van der Waals surface area contributed by atoms with E-state index in [0.717, 1.165) is 6.26 Å². The van der Waals surface area contributed by atoms with Crippen molar-refractivity contribution in [1.82, 2.24) is 9.62 Å². The fraction of sp³-hybridized carbons (Fsp3) is 0.381. The quantitative estimate of drug-likeness (QED) is 0.226. The number of nitrogens with zero attached hydrogens (tertiary/aromatic N) is 1. The third-order valence-corrected chi connectivity index (χ3v) is 5.28. The number of carbonyl (C=O) groups excluding carboxylic acids is 2. The van der Waals surface area contributed by atoms with Crippen molar-refractivity contribution < 1.29 is 22.7 Å². The van der Waals surface area contributed by atoms with E-state index in [-0.39, 0.29) is 10.7 Å². The van der Waals surface area contributed by atoms with Gasteiger partial charge in [0, 0.05) is 38.1 Å². The Morgan fingerprint density at radius 3 is 2.47 bits per heavy atom. The molecule has 1 aromatic carbocycles. The van der Waals surface area contributed by atoms with Gasteiger partial charge in [0.15, 0.2) is 5.05 Å². The van der Waals surface area contributed by atoms with Crippen LogP contribution in [0.1, 0.15) is 49.5 Å². The summed E-state index contributed by atoms with van der Waals surface area (Å²) in [6, 6.07) is 6.68. The second-order valence-electron chi connectivity index (χ2n) is 6.78. The number of esters is 1. The molecule has 9 heteroatoms. The molecule has 0 aromatic heterocycles. The number of allylic oxidation sites excluding steroid dienone is 1. The second-order valence-corrected chi connectivity index (χ2v) is 9.45. The average molecular weight is 451 g/mol. The van der Waals surface area contributed by atoms with E-state index in [2.05, 4.69) is 17.2 Å². The molecule has 0 aliphatic rings. The van der Waals surface area contributed by atoms with Crippen molar-refractivity contribution in [3.63, 3.8) is 0 Å². The van der Waals surface area contributed by atoms with E-state index in [0.29, 0.717) is 36.1 Å². The van der Waals surface area contributed by atoms with Gasteiger partial charge < -0.3 is 10.1 Å². The molecule has 0 aliphatic heterocycles. The highest BCUT2D eigenvalue weighted by Gasteiger charge is 2.18. The zero-order valence-electron chi connectivity index (χ0n) is 17.7. The first-order valence-corrected chi connectivity index (χ1v) is 11.4. The number of rotatable bonds is 7. The van der Waals surface area contributed by atoms with Crippen molar-refractivity contribution in [2.45, 2.75) is 33.6 Å². The lowest BCUT2D eigenvalue weighted by Gasteiger charge is -2.12. The third kappa shape index (κ3) is 8.86. The van der Waals surface area contributed by atoms with Crippen LogP contribution in [0.4, 0.5) is 0 Å². The Morgan fingerprint density at radius 2 is 1.90 bits per heavy atom. The molecule has 1 N–H and O–H groups in total. The van der Waals surface area contributed by atoms with Gasteiger partial charge >= 0.3 is 5.97 Å². The molecule has 0 fully saturated rings. The molecule has 0 heterocycles. The summed E-state index contributed by atoms with van der Waals surface area (Å²) >= 11 is 4.77. The number of ether oxygens (including phenoxy) is 1. The molecule has 1 amide bonds. The minimum absolute atomic E-state index is 0.0377. The highest BCUT2D eigenvalue weighted by atomic mass is 32.2. The number of nitrogens with one attached hydrogen (secondary N) is 1. The van der Waals surface area contributed by atoms with E-state index in [9.17, 15) is 18.0 Å². The lowest BCUT2D eigenvalue weighted by Crippen LogP contribution is -2.30. The lowest BCUT2D eigenvalue weighted by atomic mass is 10.1. The lowest BCUT2D eigenvalue weighted by molar-refractivity contribution is -0.131. The van der Waals surface area contributed by atoms with Gasteiger partial charge in [0.2, 0.25) is 10.0 Å². The summed E-state index contributed by atoms with van der Waals surface area (Å²) in [6.07, 6.45) is 2.27. The van der Waals surface area contributed by atoms with Crippen molar-refractivity contribution >= 4 is 39.2 Å². The van der Waals surface area contributed by atoms with Crippen LogP contribution in [-0.4, -0.2) is 49.5 Å². The molecule has 0 atom stereocenters. The number of hydrogen-bond donors (Lipinski definition) is 1. The molecule has 0 saturated heterocycles. The maximum absolute atomic E-state index is 12.6. The molecule has 162 valence electrons. The molecular formula is C21H26N2O5S2. The van der Waals surface area contributed by atoms with Crippen molar-refractivity contribution in [1.29, 1.82) is 0 Å². The summed E-state index contributed by atoms with van der Waals surface area (Å²) < 4.78 is 28.9. The average Bonchev–Trinajstić information content (AvgIpc) is 2.64. The van der Waals surface area contributed by atoms with Gasteiger partial charge in [0.25, 0.3) is 5.91 Å². The monoisotopic (exact) mass is 450 g/mol. The van der Waals surface area contributed by atoms with Crippen molar-refractivity contribution in [3.05, 3.63) is 46.7 Å². The van der Waals surface area contributed by atoms with Crippen LogP contribution >= 0.6 is 12.2 Å². The van der Waals surface area contributed by atoms with Gasteiger partial charge in [-0.2, -0.15) is 0 Å². The van der Waals surface area contributed by atoms with Crippen LogP contribution in [0, 0.1) is 11.8 Å². The van der Waals surface area contributed by atoms with Gasteiger partial charge in [0.1, 0.15) is 5.70 Å². The molecule has 1 rings (SSSR count). The normalized spacial score (nSPS) is 10.6. The van der Waals surface area contributed by atoms with E-state index in [1.807, 2.05) is 0 Å². The van der Waals surface area contributed by atoms with Crippen molar-refractivity contribution in [2.75, 3.05) is 19.8 Å². The summed E-state index contributed by atoms with van der Waals surface area (Å²) in [7, 11) is -1.67. The Bertz CT molecular complexity index is 1010. The maximum Gasteiger partial charge on any atom is 0.360 e. The van der Waals surface area contributed by atoms with Crippen LogP contribution in [0.3, 0.4) is 0 Å². The summed E-state index contributed by atoms with van der Waals surface area (Å²) in [5.41, 5.74) is 1.59. The van der Waals surface area contributed by atoms with Crippen molar-refractivity contribution in [3.8, 4) is 11.8 Å². The predicted octanol–water partition coefficient (Wildman–Crippen LogP) is 2.62. The van der Waals surface area contributed by atoms with Crippen LogP contribution < -0.4 is 5.32 Å². The molecule has 7 nitrogen and oxygen atoms in total. The zero-order valence-corrected chi connectivity index (χ0v) is 19.4. The highest BCUT2D eigenvalue weighted by Crippen LogP contribution is 2.09. The van der Waals surface area contributed by atoms with E-state index in [4.69, 9.17) is 17.0 Å². The Balaban J connectivity index is 2.80. The largest absolute Gasteiger partial charge is 0.415 e. The van der Waals surface area contributed by atoms with Crippen LogP contribution in [0.2, 0.25) is 0 Å². The van der Waals surface area contributed by atoms with Gasteiger partial charge in [-0.15, -0.1) is 0 Å². The zero-order chi connectivity index (χ0) is 22.9. The van der Waals surface area contributed by atoms with Gasteiger partial charge in [0.05, 0.1) is 6.26 Å². The Labute approximate surface area is 183 Å². The standard InChI is InChI=1S/C21H26N2O5S2/c1-15(2)19(21(25)28-16(3)29)22-20(24)18-12-9-11-17(14-18)10-7-6-8-13-23(4)30(5,26)27/h9,11-12,14H,6,8,13H2,1-5H3,(H,22,24). The smallest absolute Gasteiger partial charge is 0.360 e. The minimum atomic E-state index is -3.19. The van der Waals surface area contributed by atoms with Crippen LogP contribution in [0.15, 0.2) is 35.5 Å². The van der Waals surface area contributed by atoms with E-state index < -0.39 is 21.9 Å². The van der Waals surface area contributed by atoms with Crippen LogP contribution in [-0.2, 0) is 19.6 Å². The number of unbranched alkanes of at least 4 members (excludes halogenated alkanes) is 1. The van der Waals surface area contributed by atoms with Crippen molar-refractivity contribution in [2.24, 2.45) is 0 Å². The topological polar surface area (TPSA) is 92.8 Å². The summed E-state index contributed by atoms with van der Waals surface area (Å²) in [6.45, 7) is 5.22. The molecule has 0 radical (unpaired) electrons. The summed E-state index contributed by atoms with van der Waals surface area (Å²) in [5.74, 6) is 4.75. The molecule has 0 bridgehead atoms. The summed E-state index contributed by atoms with van der Waals surface area (Å²) in [5, 5.41) is 2.63. The van der Waals surface area contributed by atoms with E-state index >= 15 is 0 Å². The number of hydrogen-bond acceptors (Lipinski definition) is 6. The first-order valence-electron chi connectivity index (χ1n) is 9.13. The van der Waals surface area contributed by atoms with Gasteiger partial charge in [-0.05, 0) is 56.3 Å². The van der Waals surface area contributed by atoms with Crippen LogP contribution in [0.25, 0.3) is 0 Å². The first kappa shape index (κ1) is 25.5. The fourth-order valence-electron chi connectivity index (χ4n) is 2.21. The predicted molar refractivity (Wildman–Crippen MR) is 120 cm³/mol.